The van der Waals surface area contributed by atoms with Crippen molar-refractivity contribution in [2.24, 2.45) is 0 Å². The molecular weight excluding hydrogens is 289 g/mol. The maximum Gasteiger partial charge on any atom is 0.254 e. The zero-order valence-corrected chi connectivity index (χ0v) is 11.2. The van der Waals surface area contributed by atoms with Crippen molar-refractivity contribution in [2.45, 2.75) is 6.92 Å². The summed E-state index contributed by atoms with van der Waals surface area (Å²) in [5, 5.41) is 0.580. The second-order valence-corrected chi connectivity index (χ2v) is 4.41. The molecule has 0 aromatic heterocycles. The number of terminal acetylenes is 1. The molecule has 0 unspecified atom stereocenters. The number of carbonyl (C=O) groups is 1. The number of amides is 1. The summed E-state index contributed by atoms with van der Waals surface area (Å²) in [6, 6.07) is 5.07. The lowest BCUT2D eigenvalue weighted by molar-refractivity contribution is 0.0785. The van der Waals surface area contributed by atoms with Gasteiger partial charge in [-0.05, 0) is 41.1 Å². The van der Waals surface area contributed by atoms with E-state index in [1.54, 1.807) is 23.1 Å². The molecule has 84 valence electrons. The highest BCUT2D eigenvalue weighted by molar-refractivity contribution is 9.10. The molecule has 2 nitrogen and oxygen atoms in total. The number of nitrogens with zero attached hydrogens (tertiary/aromatic N) is 1. The van der Waals surface area contributed by atoms with Crippen molar-refractivity contribution in [3.05, 3.63) is 33.3 Å². The van der Waals surface area contributed by atoms with Gasteiger partial charge in [0.2, 0.25) is 0 Å². The molecular formula is C12H11BrClNO. The van der Waals surface area contributed by atoms with E-state index in [0.717, 1.165) is 0 Å². The largest absolute Gasteiger partial charge is 0.328 e. The molecule has 0 spiro atoms. The van der Waals surface area contributed by atoms with E-state index in [0.29, 0.717) is 28.1 Å². The van der Waals surface area contributed by atoms with Crippen LogP contribution in [0.2, 0.25) is 5.02 Å². The number of hydrogen-bond acceptors (Lipinski definition) is 1. The molecule has 1 aromatic rings. The molecule has 0 heterocycles. The van der Waals surface area contributed by atoms with E-state index in [1.165, 1.54) is 0 Å². The SMILES string of the molecule is C#CCN(CC)C(=O)c1ccc(Cl)c(Br)c1. The molecule has 0 aliphatic rings. The highest BCUT2D eigenvalue weighted by atomic mass is 79.9. The zero-order chi connectivity index (χ0) is 12.1. The Morgan fingerprint density at radius 2 is 2.31 bits per heavy atom. The zero-order valence-electron chi connectivity index (χ0n) is 8.84. The van der Waals surface area contributed by atoms with Gasteiger partial charge in [-0.1, -0.05) is 17.5 Å². The fourth-order valence-corrected chi connectivity index (χ4v) is 1.75. The number of hydrogen-bond donors (Lipinski definition) is 0. The second kappa shape index (κ2) is 5.93. The van der Waals surface area contributed by atoms with Gasteiger partial charge in [0.1, 0.15) is 0 Å². The molecule has 0 bridgehead atoms. The van der Waals surface area contributed by atoms with E-state index in [4.69, 9.17) is 18.0 Å². The van der Waals surface area contributed by atoms with Crippen LogP contribution in [0.5, 0.6) is 0 Å². The van der Waals surface area contributed by atoms with Crippen LogP contribution < -0.4 is 0 Å². The van der Waals surface area contributed by atoms with Crippen LogP contribution in [-0.2, 0) is 0 Å². The molecule has 0 saturated carbocycles. The summed E-state index contributed by atoms with van der Waals surface area (Å²) in [4.78, 5) is 13.6. The predicted molar refractivity (Wildman–Crippen MR) is 69.6 cm³/mol. The smallest absolute Gasteiger partial charge is 0.254 e. The second-order valence-electron chi connectivity index (χ2n) is 3.15. The van der Waals surface area contributed by atoms with E-state index in [-0.39, 0.29) is 5.91 Å². The summed E-state index contributed by atoms with van der Waals surface area (Å²) < 4.78 is 0.705. The average Bonchev–Trinajstić information content (AvgIpc) is 2.28. The van der Waals surface area contributed by atoms with E-state index >= 15 is 0 Å². The molecule has 1 aromatic carbocycles. The lowest BCUT2D eigenvalue weighted by Gasteiger charge is -2.18. The summed E-state index contributed by atoms with van der Waals surface area (Å²) in [7, 11) is 0. The third-order valence-electron chi connectivity index (χ3n) is 2.12. The third-order valence-corrected chi connectivity index (χ3v) is 3.33. The first kappa shape index (κ1) is 13.1. The van der Waals surface area contributed by atoms with Crippen molar-refractivity contribution < 1.29 is 4.79 Å². The first-order valence-electron chi connectivity index (χ1n) is 4.78. The molecule has 0 radical (unpaired) electrons. The monoisotopic (exact) mass is 299 g/mol. The molecule has 0 aliphatic heterocycles. The Morgan fingerprint density at radius 3 is 2.81 bits per heavy atom. The van der Waals surface area contributed by atoms with Crippen LogP contribution in [0, 0.1) is 12.3 Å². The van der Waals surface area contributed by atoms with Gasteiger partial charge >= 0.3 is 0 Å². The van der Waals surface area contributed by atoms with Crippen LogP contribution >= 0.6 is 27.5 Å². The highest BCUT2D eigenvalue weighted by Crippen LogP contribution is 2.23. The maximum absolute atomic E-state index is 12.0. The highest BCUT2D eigenvalue weighted by Gasteiger charge is 2.13. The number of halogens is 2. The summed E-state index contributed by atoms with van der Waals surface area (Å²) in [5.41, 5.74) is 0.577. The van der Waals surface area contributed by atoms with Gasteiger partial charge in [-0.3, -0.25) is 4.79 Å². The summed E-state index contributed by atoms with van der Waals surface area (Å²) in [6.07, 6.45) is 5.20. The molecule has 0 atom stereocenters. The van der Waals surface area contributed by atoms with Gasteiger partial charge < -0.3 is 4.90 Å². The average molecular weight is 301 g/mol. The third kappa shape index (κ3) is 3.01. The van der Waals surface area contributed by atoms with Crippen LogP contribution in [0.25, 0.3) is 0 Å². The van der Waals surface area contributed by atoms with E-state index in [2.05, 4.69) is 21.9 Å². The Hall–Kier alpha value is -0.980. The summed E-state index contributed by atoms with van der Waals surface area (Å²) in [6.45, 7) is 2.79. The van der Waals surface area contributed by atoms with Crippen molar-refractivity contribution in [1.82, 2.24) is 4.90 Å². The molecule has 1 amide bonds. The quantitative estimate of drug-likeness (QED) is 0.785. The van der Waals surface area contributed by atoms with Gasteiger partial charge in [0.15, 0.2) is 0 Å². The van der Waals surface area contributed by atoms with Crippen LogP contribution in [-0.4, -0.2) is 23.9 Å². The minimum Gasteiger partial charge on any atom is -0.328 e. The van der Waals surface area contributed by atoms with Crippen molar-refractivity contribution >= 4 is 33.4 Å². The Kier molecular flexibility index (Phi) is 4.85. The van der Waals surface area contributed by atoms with Gasteiger partial charge in [0.05, 0.1) is 11.6 Å². The fraction of sp³-hybridized carbons (Fsp3) is 0.250. The fourth-order valence-electron chi connectivity index (χ4n) is 1.25. The molecule has 0 aliphatic carbocycles. The summed E-state index contributed by atoms with van der Waals surface area (Å²) >= 11 is 9.14. The Bertz CT molecular complexity index is 439. The number of rotatable bonds is 3. The Labute approximate surface area is 109 Å². The number of benzene rings is 1. The minimum absolute atomic E-state index is 0.0854. The predicted octanol–water partition coefficient (Wildman–Crippen LogP) is 3.20. The Balaban J connectivity index is 2.95. The van der Waals surface area contributed by atoms with E-state index in [1.807, 2.05) is 6.92 Å². The van der Waals surface area contributed by atoms with Gasteiger partial charge in [0.25, 0.3) is 5.91 Å². The molecule has 0 fully saturated rings. The van der Waals surface area contributed by atoms with Crippen LogP contribution in [0.1, 0.15) is 17.3 Å². The molecule has 16 heavy (non-hydrogen) atoms. The van der Waals surface area contributed by atoms with Crippen LogP contribution in [0.15, 0.2) is 22.7 Å². The van der Waals surface area contributed by atoms with Crippen LogP contribution in [0.4, 0.5) is 0 Å². The summed E-state index contributed by atoms with van der Waals surface area (Å²) in [5.74, 6) is 2.38. The molecule has 4 heteroatoms. The van der Waals surface area contributed by atoms with Crippen molar-refractivity contribution in [1.29, 1.82) is 0 Å². The maximum atomic E-state index is 12.0. The topological polar surface area (TPSA) is 20.3 Å². The first-order valence-corrected chi connectivity index (χ1v) is 5.95. The van der Waals surface area contributed by atoms with Gasteiger partial charge in [-0.15, -0.1) is 6.42 Å². The lowest BCUT2D eigenvalue weighted by Crippen LogP contribution is -2.31. The minimum atomic E-state index is -0.0854. The first-order chi connectivity index (χ1) is 7.60. The van der Waals surface area contributed by atoms with Gasteiger partial charge in [-0.25, -0.2) is 0 Å². The van der Waals surface area contributed by atoms with Crippen molar-refractivity contribution in [2.75, 3.05) is 13.1 Å². The molecule has 0 saturated heterocycles. The van der Waals surface area contributed by atoms with Gasteiger partial charge in [-0.2, -0.15) is 0 Å². The van der Waals surface area contributed by atoms with E-state index in [9.17, 15) is 4.79 Å². The standard InChI is InChI=1S/C12H11BrClNO/c1-3-7-15(4-2)12(16)9-5-6-11(14)10(13)8-9/h1,5-6,8H,4,7H2,2H3. The van der Waals surface area contributed by atoms with Crippen molar-refractivity contribution in [3.63, 3.8) is 0 Å². The van der Waals surface area contributed by atoms with Crippen molar-refractivity contribution in [3.8, 4) is 12.3 Å². The normalized spacial score (nSPS) is 9.62. The van der Waals surface area contributed by atoms with Gasteiger partial charge in [0, 0.05) is 16.6 Å². The lowest BCUT2D eigenvalue weighted by atomic mass is 10.2. The molecule has 1 rings (SSSR count). The Morgan fingerprint density at radius 1 is 1.62 bits per heavy atom. The molecule has 0 N–H and O–H groups in total. The van der Waals surface area contributed by atoms with Crippen LogP contribution in [0.3, 0.4) is 0 Å². The number of carbonyl (C=O) groups excluding carboxylic acids is 1. The van der Waals surface area contributed by atoms with E-state index < -0.39 is 0 Å².